The Hall–Kier alpha value is -1.13. The molecule has 4 nitrogen and oxygen atoms in total. The third kappa shape index (κ3) is 2.03. The summed E-state index contributed by atoms with van der Waals surface area (Å²) in [6, 6.07) is 1.70. The number of hydrogen-bond acceptors (Lipinski definition) is 3. The molecule has 0 aromatic carbocycles. The molecule has 0 bridgehead atoms. The molecule has 0 spiro atoms. The van der Waals surface area contributed by atoms with Gasteiger partial charge >= 0.3 is 0 Å². The number of nitrogens with two attached hydrogens (primary N) is 1. The predicted octanol–water partition coefficient (Wildman–Crippen LogP) is 1.15. The molecule has 2 heterocycles. The molecule has 0 radical (unpaired) electrons. The lowest BCUT2D eigenvalue weighted by molar-refractivity contribution is 0.0787. The first-order valence-electron chi connectivity index (χ1n) is 5.24. The summed E-state index contributed by atoms with van der Waals surface area (Å²) in [6.45, 7) is 3.34. The van der Waals surface area contributed by atoms with E-state index in [2.05, 4.69) is 4.98 Å². The third-order valence-electron chi connectivity index (χ3n) is 2.96. The Morgan fingerprint density at radius 2 is 2.38 bits per heavy atom. The van der Waals surface area contributed by atoms with Crippen molar-refractivity contribution in [3.63, 3.8) is 0 Å². The molecule has 2 rings (SSSR count). The monoisotopic (exact) mass is 239 g/mol. The molecule has 0 saturated carbocycles. The maximum absolute atomic E-state index is 12.1. The number of pyridine rings is 1. The van der Waals surface area contributed by atoms with Crippen LogP contribution in [0.25, 0.3) is 0 Å². The minimum absolute atomic E-state index is 0.0598. The van der Waals surface area contributed by atoms with Gasteiger partial charge in [-0.25, -0.2) is 0 Å². The smallest absolute Gasteiger partial charge is 0.255 e. The van der Waals surface area contributed by atoms with Crippen LogP contribution in [0.1, 0.15) is 17.3 Å². The number of carbonyl (C=O) groups is 1. The van der Waals surface area contributed by atoms with Crippen molar-refractivity contribution >= 4 is 17.5 Å². The minimum atomic E-state index is -0.0628. The molecule has 16 heavy (non-hydrogen) atoms. The van der Waals surface area contributed by atoms with E-state index in [1.165, 1.54) is 6.20 Å². The van der Waals surface area contributed by atoms with Gasteiger partial charge in [-0.2, -0.15) is 0 Å². The van der Waals surface area contributed by atoms with E-state index in [4.69, 9.17) is 17.3 Å². The SMILES string of the molecule is CC1CN(C(=O)c2ccncc2Cl)CC1N. The first kappa shape index (κ1) is 11.4. The van der Waals surface area contributed by atoms with Gasteiger partial charge in [-0.3, -0.25) is 9.78 Å². The van der Waals surface area contributed by atoms with Crippen molar-refractivity contribution < 1.29 is 4.79 Å². The quantitative estimate of drug-likeness (QED) is 0.800. The molecule has 1 aromatic heterocycles. The minimum Gasteiger partial charge on any atom is -0.337 e. The second-order valence-corrected chi connectivity index (χ2v) is 4.61. The fraction of sp³-hybridized carbons (Fsp3) is 0.455. The molecule has 2 N–H and O–H groups in total. The van der Waals surface area contributed by atoms with Crippen molar-refractivity contribution in [3.8, 4) is 0 Å². The van der Waals surface area contributed by atoms with Gasteiger partial charge in [-0.15, -0.1) is 0 Å². The van der Waals surface area contributed by atoms with E-state index in [0.717, 1.165) is 0 Å². The predicted molar refractivity (Wildman–Crippen MR) is 62.3 cm³/mol. The van der Waals surface area contributed by atoms with Crippen LogP contribution in [0.2, 0.25) is 5.02 Å². The van der Waals surface area contributed by atoms with E-state index < -0.39 is 0 Å². The lowest BCUT2D eigenvalue weighted by Gasteiger charge is -2.16. The zero-order chi connectivity index (χ0) is 11.7. The van der Waals surface area contributed by atoms with Crippen LogP contribution in [0, 0.1) is 5.92 Å². The molecule has 1 aliphatic rings. The van der Waals surface area contributed by atoms with Gasteiger partial charge in [0.2, 0.25) is 0 Å². The summed E-state index contributed by atoms with van der Waals surface area (Å²) < 4.78 is 0. The van der Waals surface area contributed by atoms with Gasteiger partial charge in [-0.1, -0.05) is 18.5 Å². The number of hydrogen-bond donors (Lipinski definition) is 1. The highest BCUT2D eigenvalue weighted by molar-refractivity contribution is 6.33. The van der Waals surface area contributed by atoms with Crippen LogP contribution in [0.4, 0.5) is 0 Å². The van der Waals surface area contributed by atoms with Crippen molar-refractivity contribution in [1.82, 2.24) is 9.88 Å². The highest BCUT2D eigenvalue weighted by Crippen LogP contribution is 2.21. The molecule has 1 aliphatic heterocycles. The van der Waals surface area contributed by atoms with Crippen molar-refractivity contribution in [3.05, 3.63) is 29.0 Å². The van der Waals surface area contributed by atoms with E-state index in [-0.39, 0.29) is 11.9 Å². The molecular formula is C11H14ClN3O. The van der Waals surface area contributed by atoms with Gasteiger partial charge in [0, 0.05) is 31.5 Å². The standard InChI is InChI=1S/C11H14ClN3O/c1-7-5-15(6-10(7)13)11(16)8-2-3-14-4-9(8)12/h2-4,7,10H,5-6,13H2,1H3. The number of aromatic nitrogens is 1. The number of halogens is 1. The molecule has 1 fully saturated rings. The Morgan fingerprint density at radius 1 is 1.62 bits per heavy atom. The first-order chi connectivity index (χ1) is 7.59. The molecule has 5 heteroatoms. The van der Waals surface area contributed by atoms with Crippen molar-refractivity contribution in [2.24, 2.45) is 11.7 Å². The number of rotatable bonds is 1. The zero-order valence-electron chi connectivity index (χ0n) is 9.06. The summed E-state index contributed by atoms with van der Waals surface area (Å²) in [6.07, 6.45) is 3.05. The summed E-state index contributed by atoms with van der Waals surface area (Å²) in [4.78, 5) is 17.7. The zero-order valence-corrected chi connectivity index (χ0v) is 9.81. The van der Waals surface area contributed by atoms with Crippen LogP contribution >= 0.6 is 11.6 Å². The summed E-state index contributed by atoms with van der Waals surface area (Å²) in [5, 5.41) is 0.389. The molecule has 1 amide bonds. The largest absolute Gasteiger partial charge is 0.337 e. The first-order valence-corrected chi connectivity index (χ1v) is 5.61. The molecule has 86 valence electrons. The van der Waals surface area contributed by atoms with Crippen LogP contribution in [-0.2, 0) is 0 Å². The number of amides is 1. The van der Waals surface area contributed by atoms with E-state index in [9.17, 15) is 4.79 Å². The van der Waals surface area contributed by atoms with Gasteiger partial charge in [0.1, 0.15) is 0 Å². The van der Waals surface area contributed by atoms with E-state index in [0.29, 0.717) is 29.6 Å². The number of carbonyl (C=O) groups excluding carboxylic acids is 1. The van der Waals surface area contributed by atoms with Crippen LogP contribution in [0.15, 0.2) is 18.5 Å². The Labute approximate surface area is 99.4 Å². The van der Waals surface area contributed by atoms with Crippen LogP contribution in [-0.4, -0.2) is 34.9 Å². The molecule has 2 unspecified atom stereocenters. The number of nitrogens with zero attached hydrogens (tertiary/aromatic N) is 2. The summed E-state index contributed by atoms with van der Waals surface area (Å²) in [5.41, 5.74) is 6.38. The maximum atomic E-state index is 12.1. The molecule has 1 aromatic rings. The van der Waals surface area contributed by atoms with Gasteiger partial charge in [0.25, 0.3) is 5.91 Å². The highest BCUT2D eigenvalue weighted by atomic mass is 35.5. The van der Waals surface area contributed by atoms with Crippen molar-refractivity contribution in [2.45, 2.75) is 13.0 Å². The van der Waals surface area contributed by atoms with Crippen molar-refractivity contribution in [1.29, 1.82) is 0 Å². The molecule has 0 aliphatic carbocycles. The van der Waals surface area contributed by atoms with E-state index >= 15 is 0 Å². The Kier molecular flexibility index (Phi) is 3.12. The Morgan fingerprint density at radius 3 is 2.94 bits per heavy atom. The second-order valence-electron chi connectivity index (χ2n) is 4.21. The fourth-order valence-corrected chi connectivity index (χ4v) is 2.08. The van der Waals surface area contributed by atoms with Gasteiger partial charge in [0.15, 0.2) is 0 Å². The van der Waals surface area contributed by atoms with Crippen LogP contribution < -0.4 is 5.73 Å². The molecular weight excluding hydrogens is 226 g/mol. The Bertz CT molecular complexity index is 400. The van der Waals surface area contributed by atoms with Crippen LogP contribution in [0.3, 0.4) is 0 Å². The number of likely N-dealkylation sites (tertiary alicyclic amines) is 1. The summed E-state index contributed by atoms with van der Waals surface area (Å²) in [5.74, 6) is 0.275. The lowest BCUT2D eigenvalue weighted by Crippen LogP contribution is -2.32. The van der Waals surface area contributed by atoms with E-state index in [1.807, 2.05) is 6.92 Å². The second kappa shape index (κ2) is 4.39. The third-order valence-corrected chi connectivity index (χ3v) is 3.26. The van der Waals surface area contributed by atoms with Crippen LogP contribution in [0.5, 0.6) is 0 Å². The summed E-state index contributed by atoms with van der Waals surface area (Å²) >= 11 is 5.93. The molecule has 2 atom stereocenters. The average molecular weight is 240 g/mol. The highest BCUT2D eigenvalue weighted by Gasteiger charge is 2.30. The fourth-order valence-electron chi connectivity index (χ4n) is 1.88. The Balaban J connectivity index is 2.18. The van der Waals surface area contributed by atoms with Gasteiger partial charge in [0.05, 0.1) is 10.6 Å². The molecule has 1 saturated heterocycles. The van der Waals surface area contributed by atoms with E-state index in [1.54, 1.807) is 17.2 Å². The normalized spacial score (nSPS) is 24.8. The topological polar surface area (TPSA) is 59.2 Å². The summed E-state index contributed by atoms with van der Waals surface area (Å²) in [7, 11) is 0. The average Bonchev–Trinajstić information content (AvgIpc) is 2.59. The lowest BCUT2D eigenvalue weighted by atomic mass is 10.1. The van der Waals surface area contributed by atoms with Crippen molar-refractivity contribution in [2.75, 3.05) is 13.1 Å². The van der Waals surface area contributed by atoms with Gasteiger partial charge in [-0.05, 0) is 12.0 Å². The maximum Gasteiger partial charge on any atom is 0.255 e. The van der Waals surface area contributed by atoms with Gasteiger partial charge < -0.3 is 10.6 Å².